The number of carbonyl (C=O) groups is 2. The van der Waals surface area contributed by atoms with Gasteiger partial charge < -0.3 is 10.0 Å². The third-order valence-corrected chi connectivity index (χ3v) is 4.66. The van der Waals surface area contributed by atoms with Crippen molar-refractivity contribution in [1.29, 1.82) is 0 Å². The molecule has 0 aromatic rings. The number of carboxylic acids is 1. The fourth-order valence-corrected chi connectivity index (χ4v) is 2.55. The molecule has 1 N–H and O–H groups in total. The minimum atomic E-state index is -0.904. The summed E-state index contributed by atoms with van der Waals surface area (Å²) in [4.78, 5) is 25.8. The van der Waals surface area contributed by atoms with Crippen LogP contribution in [0.15, 0.2) is 0 Å². The standard InChI is InChI=1S/C16H31NO3/c1-6-13(7-2)12-17(10-5)14(18)11-16(8-3,9-4)15(19)20/h13H,6-12H2,1-5H3,(H,19,20). The summed E-state index contributed by atoms with van der Waals surface area (Å²) in [5, 5.41) is 9.43. The van der Waals surface area contributed by atoms with Crippen LogP contribution in [-0.4, -0.2) is 35.0 Å². The number of hydrogen-bond acceptors (Lipinski definition) is 2. The number of rotatable bonds is 10. The van der Waals surface area contributed by atoms with Crippen LogP contribution in [0.25, 0.3) is 0 Å². The number of aliphatic carboxylic acids is 1. The number of carbonyl (C=O) groups excluding carboxylic acids is 1. The van der Waals surface area contributed by atoms with E-state index in [1.165, 1.54) is 0 Å². The zero-order valence-electron chi connectivity index (χ0n) is 13.7. The Balaban J connectivity index is 4.88. The summed E-state index contributed by atoms with van der Waals surface area (Å²) >= 11 is 0. The molecule has 0 saturated carbocycles. The first-order chi connectivity index (χ1) is 9.40. The van der Waals surface area contributed by atoms with E-state index < -0.39 is 11.4 Å². The van der Waals surface area contributed by atoms with Crippen LogP contribution >= 0.6 is 0 Å². The van der Waals surface area contributed by atoms with Crippen LogP contribution in [0.1, 0.15) is 66.7 Å². The molecule has 0 spiro atoms. The lowest BCUT2D eigenvalue weighted by atomic mass is 9.79. The molecule has 0 fully saturated rings. The second-order valence-electron chi connectivity index (χ2n) is 5.58. The number of nitrogens with zero attached hydrogens (tertiary/aromatic N) is 1. The molecule has 0 unspecified atom stereocenters. The van der Waals surface area contributed by atoms with Crippen molar-refractivity contribution in [2.24, 2.45) is 11.3 Å². The maximum Gasteiger partial charge on any atom is 0.310 e. The molecule has 118 valence electrons. The molecule has 0 saturated heterocycles. The first-order valence-electron chi connectivity index (χ1n) is 7.91. The third kappa shape index (κ3) is 4.80. The summed E-state index contributed by atoms with van der Waals surface area (Å²) in [6.07, 6.45) is 3.20. The minimum Gasteiger partial charge on any atom is -0.481 e. The van der Waals surface area contributed by atoms with Crippen LogP contribution in [0.5, 0.6) is 0 Å². The summed E-state index contributed by atoms with van der Waals surface area (Å²) in [5.74, 6) is -0.374. The first kappa shape index (κ1) is 18.9. The van der Waals surface area contributed by atoms with Gasteiger partial charge >= 0.3 is 5.97 Å². The van der Waals surface area contributed by atoms with E-state index in [1.807, 2.05) is 25.7 Å². The van der Waals surface area contributed by atoms with Gasteiger partial charge in [0, 0.05) is 19.5 Å². The van der Waals surface area contributed by atoms with Gasteiger partial charge in [0.05, 0.1) is 5.41 Å². The average Bonchev–Trinajstić information content (AvgIpc) is 2.45. The van der Waals surface area contributed by atoms with Crippen molar-refractivity contribution in [2.45, 2.75) is 66.7 Å². The fourth-order valence-electron chi connectivity index (χ4n) is 2.55. The highest BCUT2D eigenvalue weighted by molar-refractivity contribution is 5.85. The molecule has 0 aliphatic carbocycles. The first-order valence-corrected chi connectivity index (χ1v) is 7.91. The molecule has 0 aliphatic rings. The summed E-state index contributed by atoms with van der Waals surface area (Å²) in [7, 11) is 0. The molecule has 4 nitrogen and oxygen atoms in total. The van der Waals surface area contributed by atoms with E-state index in [9.17, 15) is 14.7 Å². The summed E-state index contributed by atoms with van der Waals surface area (Å²) in [6, 6.07) is 0. The van der Waals surface area contributed by atoms with E-state index in [4.69, 9.17) is 0 Å². The minimum absolute atomic E-state index is 0.0227. The third-order valence-electron chi connectivity index (χ3n) is 4.66. The Morgan fingerprint density at radius 2 is 1.55 bits per heavy atom. The molecule has 0 aromatic heterocycles. The monoisotopic (exact) mass is 285 g/mol. The molecular formula is C16H31NO3. The van der Waals surface area contributed by atoms with Gasteiger partial charge in [0.15, 0.2) is 0 Å². The lowest BCUT2D eigenvalue weighted by molar-refractivity contribution is -0.154. The van der Waals surface area contributed by atoms with Crippen molar-refractivity contribution in [3.05, 3.63) is 0 Å². The smallest absolute Gasteiger partial charge is 0.310 e. The predicted octanol–water partition coefficient (Wildman–Crippen LogP) is 3.55. The zero-order chi connectivity index (χ0) is 15.8. The highest BCUT2D eigenvalue weighted by Gasteiger charge is 2.38. The number of carboxylic acid groups (broad SMARTS) is 1. The van der Waals surface area contributed by atoms with E-state index in [-0.39, 0.29) is 12.3 Å². The largest absolute Gasteiger partial charge is 0.481 e. The average molecular weight is 285 g/mol. The summed E-state index contributed by atoms with van der Waals surface area (Å²) in [5.41, 5.74) is -0.904. The summed E-state index contributed by atoms with van der Waals surface area (Å²) < 4.78 is 0. The zero-order valence-corrected chi connectivity index (χ0v) is 13.7. The molecule has 0 aromatic carbocycles. The van der Waals surface area contributed by atoms with E-state index in [1.54, 1.807) is 0 Å². The van der Waals surface area contributed by atoms with Crippen molar-refractivity contribution in [1.82, 2.24) is 4.90 Å². The molecule has 0 aliphatic heterocycles. The maximum absolute atomic E-state index is 12.4. The van der Waals surface area contributed by atoms with E-state index >= 15 is 0 Å². The molecular weight excluding hydrogens is 254 g/mol. The molecule has 0 atom stereocenters. The summed E-state index contributed by atoms with van der Waals surface area (Å²) in [6.45, 7) is 11.3. The van der Waals surface area contributed by atoms with Crippen molar-refractivity contribution >= 4 is 11.9 Å². The second-order valence-corrected chi connectivity index (χ2v) is 5.58. The van der Waals surface area contributed by atoms with Gasteiger partial charge in [-0.25, -0.2) is 0 Å². The Labute approximate surface area is 123 Å². The van der Waals surface area contributed by atoms with Gasteiger partial charge in [0.25, 0.3) is 0 Å². The Morgan fingerprint density at radius 3 is 1.85 bits per heavy atom. The highest BCUT2D eigenvalue weighted by atomic mass is 16.4. The Kier molecular flexibility index (Phi) is 8.51. The van der Waals surface area contributed by atoms with Gasteiger partial charge in [0.2, 0.25) is 5.91 Å². The van der Waals surface area contributed by atoms with Gasteiger partial charge in [0.1, 0.15) is 0 Å². The van der Waals surface area contributed by atoms with Crippen LogP contribution < -0.4 is 0 Å². The predicted molar refractivity (Wildman–Crippen MR) is 81.6 cm³/mol. The van der Waals surface area contributed by atoms with Crippen molar-refractivity contribution in [3.8, 4) is 0 Å². The molecule has 0 heterocycles. The quantitative estimate of drug-likeness (QED) is 0.667. The van der Waals surface area contributed by atoms with Crippen LogP contribution in [0.3, 0.4) is 0 Å². The SMILES string of the molecule is CCC(CC)CN(CC)C(=O)CC(CC)(CC)C(=O)O. The van der Waals surface area contributed by atoms with E-state index in [0.717, 1.165) is 19.4 Å². The van der Waals surface area contributed by atoms with Gasteiger partial charge in [-0.05, 0) is 25.7 Å². The number of amides is 1. The van der Waals surface area contributed by atoms with Crippen molar-refractivity contribution < 1.29 is 14.7 Å². The van der Waals surface area contributed by atoms with Gasteiger partial charge in [-0.3, -0.25) is 9.59 Å². The molecule has 0 bridgehead atoms. The normalized spacial score (nSPS) is 11.7. The fraction of sp³-hybridized carbons (Fsp3) is 0.875. The van der Waals surface area contributed by atoms with Crippen LogP contribution in [0, 0.1) is 11.3 Å². The van der Waals surface area contributed by atoms with Crippen LogP contribution in [0.4, 0.5) is 0 Å². The topological polar surface area (TPSA) is 57.6 Å². The van der Waals surface area contributed by atoms with Gasteiger partial charge in [-0.15, -0.1) is 0 Å². The lowest BCUT2D eigenvalue weighted by Crippen LogP contribution is -2.41. The van der Waals surface area contributed by atoms with Crippen molar-refractivity contribution in [2.75, 3.05) is 13.1 Å². The van der Waals surface area contributed by atoms with Gasteiger partial charge in [-0.2, -0.15) is 0 Å². The molecule has 20 heavy (non-hydrogen) atoms. The molecule has 0 radical (unpaired) electrons. The lowest BCUT2D eigenvalue weighted by Gasteiger charge is -2.31. The Hall–Kier alpha value is -1.06. The number of hydrogen-bond donors (Lipinski definition) is 1. The maximum atomic E-state index is 12.4. The van der Waals surface area contributed by atoms with Crippen LogP contribution in [0.2, 0.25) is 0 Å². The highest BCUT2D eigenvalue weighted by Crippen LogP contribution is 2.32. The Morgan fingerprint density at radius 1 is 1.05 bits per heavy atom. The van der Waals surface area contributed by atoms with Gasteiger partial charge in [-0.1, -0.05) is 40.5 Å². The van der Waals surface area contributed by atoms with Crippen LogP contribution in [-0.2, 0) is 9.59 Å². The molecule has 1 amide bonds. The molecule has 0 rings (SSSR count). The Bertz CT molecular complexity index is 307. The molecule has 4 heteroatoms. The van der Waals surface area contributed by atoms with E-state index in [2.05, 4.69) is 13.8 Å². The second kappa shape index (κ2) is 8.98. The van der Waals surface area contributed by atoms with Crippen molar-refractivity contribution in [3.63, 3.8) is 0 Å². The van der Waals surface area contributed by atoms with E-state index in [0.29, 0.717) is 25.3 Å².